The summed E-state index contributed by atoms with van der Waals surface area (Å²) in [6, 6.07) is 2.39. The molecule has 28 heavy (non-hydrogen) atoms. The zero-order valence-electron chi connectivity index (χ0n) is 17.2. The SMILES string of the molecule is Cc1c(CCC(=O)NC2CC2)c(=O)oc2c(C)c3occ(C(C)(C)C)c3cc12. The molecule has 3 aromatic rings. The van der Waals surface area contributed by atoms with E-state index in [1.165, 1.54) is 0 Å². The number of furan rings is 1. The van der Waals surface area contributed by atoms with E-state index in [4.69, 9.17) is 8.83 Å². The first-order chi connectivity index (χ1) is 13.2. The topological polar surface area (TPSA) is 72.5 Å². The Labute approximate surface area is 164 Å². The van der Waals surface area contributed by atoms with Gasteiger partial charge >= 0.3 is 5.63 Å². The molecule has 5 heteroatoms. The third-order valence-corrected chi connectivity index (χ3v) is 5.69. The van der Waals surface area contributed by atoms with Gasteiger partial charge in [-0.2, -0.15) is 0 Å². The molecule has 1 N–H and O–H groups in total. The molecule has 1 amide bonds. The second-order valence-corrected chi connectivity index (χ2v) is 8.99. The van der Waals surface area contributed by atoms with Crippen molar-refractivity contribution in [1.29, 1.82) is 0 Å². The van der Waals surface area contributed by atoms with Gasteiger partial charge in [0.15, 0.2) is 0 Å². The minimum absolute atomic E-state index is 0.00196. The number of nitrogens with one attached hydrogen (secondary N) is 1. The highest BCUT2D eigenvalue weighted by molar-refractivity contribution is 6.00. The largest absolute Gasteiger partial charge is 0.464 e. The minimum Gasteiger partial charge on any atom is -0.464 e. The zero-order valence-corrected chi connectivity index (χ0v) is 17.2. The summed E-state index contributed by atoms with van der Waals surface area (Å²) in [6.07, 6.45) is 4.59. The van der Waals surface area contributed by atoms with Gasteiger partial charge in [0.1, 0.15) is 11.2 Å². The fourth-order valence-corrected chi connectivity index (χ4v) is 3.83. The number of aryl methyl sites for hydroxylation is 2. The lowest BCUT2D eigenvalue weighted by atomic mass is 9.86. The van der Waals surface area contributed by atoms with E-state index in [-0.39, 0.29) is 16.9 Å². The molecular weight excluding hydrogens is 354 g/mol. The fourth-order valence-electron chi connectivity index (χ4n) is 3.83. The van der Waals surface area contributed by atoms with Crippen LogP contribution < -0.4 is 10.9 Å². The molecule has 148 valence electrons. The molecule has 4 rings (SSSR count). The van der Waals surface area contributed by atoms with Crippen molar-refractivity contribution in [2.24, 2.45) is 0 Å². The van der Waals surface area contributed by atoms with Gasteiger partial charge in [-0.15, -0.1) is 0 Å². The number of hydrogen-bond donors (Lipinski definition) is 1. The van der Waals surface area contributed by atoms with E-state index < -0.39 is 0 Å². The van der Waals surface area contributed by atoms with Gasteiger partial charge in [0, 0.05) is 39.9 Å². The molecule has 0 bridgehead atoms. The minimum atomic E-state index is -0.366. The summed E-state index contributed by atoms with van der Waals surface area (Å²) in [5.41, 5.74) is 4.33. The van der Waals surface area contributed by atoms with Crippen LogP contribution >= 0.6 is 0 Å². The Morgan fingerprint density at radius 1 is 1.14 bits per heavy atom. The van der Waals surface area contributed by atoms with Crippen LogP contribution in [0.15, 0.2) is 26.0 Å². The Kier molecular flexibility index (Phi) is 4.36. The van der Waals surface area contributed by atoms with Gasteiger partial charge in [-0.25, -0.2) is 4.79 Å². The van der Waals surface area contributed by atoms with E-state index in [1.807, 2.05) is 13.8 Å². The molecule has 1 aliphatic rings. The number of rotatable bonds is 4. The molecule has 2 heterocycles. The maximum Gasteiger partial charge on any atom is 0.339 e. The molecule has 1 fully saturated rings. The van der Waals surface area contributed by atoms with Crippen molar-refractivity contribution in [2.75, 3.05) is 0 Å². The van der Waals surface area contributed by atoms with Crippen molar-refractivity contribution < 1.29 is 13.6 Å². The molecule has 0 aliphatic heterocycles. The summed E-state index contributed by atoms with van der Waals surface area (Å²) in [4.78, 5) is 24.7. The molecule has 2 aromatic heterocycles. The van der Waals surface area contributed by atoms with Crippen LogP contribution in [0.1, 0.15) is 62.3 Å². The molecule has 0 unspecified atom stereocenters. The molecular formula is C23H27NO4. The van der Waals surface area contributed by atoms with Crippen molar-refractivity contribution in [3.63, 3.8) is 0 Å². The van der Waals surface area contributed by atoms with Gasteiger partial charge < -0.3 is 14.2 Å². The summed E-state index contributed by atoms with van der Waals surface area (Å²) in [6.45, 7) is 10.3. The number of fused-ring (bicyclic) bond motifs is 2. The van der Waals surface area contributed by atoms with E-state index in [0.29, 0.717) is 30.0 Å². The highest BCUT2D eigenvalue weighted by Crippen LogP contribution is 2.37. The molecule has 1 saturated carbocycles. The molecule has 0 atom stereocenters. The first kappa shape index (κ1) is 18.8. The van der Waals surface area contributed by atoms with Crippen molar-refractivity contribution in [1.82, 2.24) is 5.32 Å². The van der Waals surface area contributed by atoms with Crippen LogP contribution in [0.5, 0.6) is 0 Å². The van der Waals surface area contributed by atoms with Gasteiger partial charge in [0.2, 0.25) is 5.91 Å². The summed E-state index contributed by atoms with van der Waals surface area (Å²) in [5, 5.41) is 4.93. The lowest BCUT2D eigenvalue weighted by molar-refractivity contribution is -0.121. The van der Waals surface area contributed by atoms with Gasteiger partial charge in [-0.05, 0) is 50.2 Å². The maximum absolute atomic E-state index is 12.6. The van der Waals surface area contributed by atoms with Crippen molar-refractivity contribution in [2.45, 2.75) is 71.8 Å². The lowest BCUT2D eigenvalue weighted by Gasteiger charge is -2.17. The predicted molar refractivity (Wildman–Crippen MR) is 110 cm³/mol. The van der Waals surface area contributed by atoms with Crippen LogP contribution in [0.3, 0.4) is 0 Å². The summed E-state index contributed by atoms with van der Waals surface area (Å²) < 4.78 is 11.5. The lowest BCUT2D eigenvalue weighted by Crippen LogP contribution is -2.26. The Hall–Kier alpha value is -2.56. The summed E-state index contributed by atoms with van der Waals surface area (Å²) in [5.74, 6) is -0.00196. The second kappa shape index (κ2) is 6.50. The van der Waals surface area contributed by atoms with Crippen molar-refractivity contribution in [3.05, 3.63) is 45.0 Å². The smallest absolute Gasteiger partial charge is 0.339 e. The maximum atomic E-state index is 12.6. The first-order valence-electron chi connectivity index (χ1n) is 9.93. The normalized spacial score (nSPS) is 14.8. The monoisotopic (exact) mass is 381 g/mol. The summed E-state index contributed by atoms with van der Waals surface area (Å²) >= 11 is 0. The number of amides is 1. The van der Waals surface area contributed by atoms with Crippen molar-refractivity contribution in [3.8, 4) is 0 Å². The standard InChI is InChI=1S/C23H27NO4/c1-12-15(8-9-19(25)24-14-6-7-14)22(26)28-21-13(2)20-17(10-16(12)21)18(11-27-20)23(3,4)5/h10-11,14H,6-9H2,1-5H3,(H,24,25). The van der Waals surface area contributed by atoms with Crippen molar-refractivity contribution >= 4 is 27.8 Å². The zero-order chi connectivity index (χ0) is 20.2. The van der Waals surface area contributed by atoms with Gasteiger partial charge in [0.05, 0.1) is 6.26 Å². The van der Waals surface area contributed by atoms with Gasteiger partial charge in [0.25, 0.3) is 0 Å². The highest BCUT2D eigenvalue weighted by Gasteiger charge is 2.25. The quantitative estimate of drug-likeness (QED) is 0.667. The second-order valence-electron chi connectivity index (χ2n) is 8.99. The van der Waals surface area contributed by atoms with E-state index >= 15 is 0 Å². The molecule has 5 nitrogen and oxygen atoms in total. The number of benzene rings is 1. The number of carbonyl (C=O) groups excluding carboxylic acids is 1. The molecule has 1 aromatic carbocycles. The third-order valence-electron chi connectivity index (χ3n) is 5.69. The van der Waals surface area contributed by atoms with Gasteiger partial charge in [-0.1, -0.05) is 20.8 Å². The fraction of sp³-hybridized carbons (Fsp3) is 0.478. The van der Waals surface area contributed by atoms with E-state index in [1.54, 1.807) is 6.26 Å². The molecule has 0 radical (unpaired) electrons. The highest BCUT2D eigenvalue weighted by atomic mass is 16.4. The number of carbonyl (C=O) groups is 1. The van der Waals surface area contributed by atoms with Gasteiger partial charge in [-0.3, -0.25) is 4.79 Å². The average molecular weight is 381 g/mol. The van der Waals surface area contributed by atoms with Crippen LogP contribution in [-0.4, -0.2) is 11.9 Å². The van der Waals surface area contributed by atoms with Crippen LogP contribution in [0.25, 0.3) is 21.9 Å². The summed E-state index contributed by atoms with van der Waals surface area (Å²) in [7, 11) is 0. The predicted octanol–water partition coefficient (Wildman–Crippen LogP) is 4.66. The van der Waals surface area contributed by atoms with E-state index in [2.05, 4.69) is 32.2 Å². The average Bonchev–Trinajstić information content (AvgIpc) is 3.29. The Morgan fingerprint density at radius 2 is 1.86 bits per heavy atom. The molecule has 0 saturated heterocycles. The van der Waals surface area contributed by atoms with E-state index in [9.17, 15) is 9.59 Å². The van der Waals surface area contributed by atoms with Crippen LogP contribution in [-0.2, 0) is 16.6 Å². The Balaban J connectivity index is 1.80. The van der Waals surface area contributed by atoms with Crippen LogP contribution in [0.4, 0.5) is 0 Å². The Morgan fingerprint density at radius 3 is 2.50 bits per heavy atom. The molecule has 1 aliphatic carbocycles. The van der Waals surface area contributed by atoms with Crippen LogP contribution in [0.2, 0.25) is 0 Å². The molecule has 0 spiro atoms. The van der Waals surface area contributed by atoms with Crippen LogP contribution in [0, 0.1) is 13.8 Å². The first-order valence-corrected chi connectivity index (χ1v) is 9.93. The number of hydrogen-bond acceptors (Lipinski definition) is 4. The Bertz CT molecular complexity index is 1140. The third kappa shape index (κ3) is 3.23. The van der Waals surface area contributed by atoms with E-state index in [0.717, 1.165) is 45.9 Å².